The lowest BCUT2D eigenvalue weighted by Gasteiger charge is -2.35. The molecule has 0 saturated heterocycles. The lowest BCUT2D eigenvalue weighted by molar-refractivity contribution is -0.242. The molecule has 1 N–H and O–H groups in total. The molecule has 6 nitrogen and oxygen atoms in total. The first kappa shape index (κ1) is 16.0. The van der Waals surface area contributed by atoms with E-state index >= 15 is 0 Å². The molecule has 1 aliphatic carbocycles. The van der Waals surface area contributed by atoms with Crippen molar-refractivity contribution in [2.45, 2.75) is 32.8 Å². The van der Waals surface area contributed by atoms with E-state index in [0.717, 1.165) is 5.57 Å². The predicted octanol–water partition coefficient (Wildman–Crippen LogP) is 1.35. The van der Waals surface area contributed by atoms with Gasteiger partial charge in [0, 0.05) is 12.5 Å². The number of ether oxygens (including phenoxy) is 4. The maximum Gasteiger partial charge on any atom is 0.337 e. The molecule has 0 amide bonds. The first-order chi connectivity index (χ1) is 10.1. The van der Waals surface area contributed by atoms with Gasteiger partial charge in [-0.25, -0.2) is 4.79 Å². The molecule has 0 aromatic carbocycles. The van der Waals surface area contributed by atoms with E-state index in [1.165, 1.54) is 13.4 Å². The minimum absolute atomic E-state index is 0.0815. The van der Waals surface area contributed by atoms with Gasteiger partial charge >= 0.3 is 5.97 Å². The van der Waals surface area contributed by atoms with Crippen LogP contribution < -0.4 is 0 Å². The highest BCUT2D eigenvalue weighted by atomic mass is 16.8. The van der Waals surface area contributed by atoms with Gasteiger partial charge in [0.15, 0.2) is 6.29 Å². The first-order valence-corrected chi connectivity index (χ1v) is 7.13. The molecule has 0 aromatic rings. The summed E-state index contributed by atoms with van der Waals surface area (Å²) in [5.74, 6) is -0.696. The van der Waals surface area contributed by atoms with Crippen LogP contribution in [0.2, 0.25) is 0 Å². The van der Waals surface area contributed by atoms with Gasteiger partial charge in [0.2, 0.25) is 6.29 Å². The Balaban J connectivity index is 2.18. The Bertz CT molecular complexity index is 441. The van der Waals surface area contributed by atoms with Gasteiger partial charge in [-0.05, 0) is 25.8 Å². The zero-order chi connectivity index (χ0) is 15.4. The third kappa shape index (κ3) is 3.28. The Morgan fingerprint density at radius 1 is 1.57 bits per heavy atom. The SMILES string of the molecule is CCOC(C)O[C@@H]1OC=C(C(=O)OC)[C@H]2CC=C(CO)[C@H]12. The number of carbonyl (C=O) groups excluding carboxylic acids is 1. The molecule has 0 fully saturated rings. The Hall–Kier alpha value is -1.37. The van der Waals surface area contributed by atoms with E-state index in [-0.39, 0.29) is 18.4 Å². The van der Waals surface area contributed by atoms with Crippen molar-refractivity contribution in [3.8, 4) is 0 Å². The molecule has 118 valence electrons. The molecule has 2 rings (SSSR count). The molecule has 0 spiro atoms. The monoisotopic (exact) mass is 298 g/mol. The summed E-state index contributed by atoms with van der Waals surface area (Å²) >= 11 is 0. The molecule has 0 radical (unpaired) electrons. The molecule has 0 aromatic heterocycles. The van der Waals surface area contributed by atoms with Crippen molar-refractivity contribution in [1.82, 2.24) is 0 Å². The number of fused-ring (bicyclic) bond motifs is 1. The summed E-state index contributed by atoms with van der Waals surface area (Å²) in [6, 6.07) is 0. The summed E-state index contributed by atoms with van der Waals surface area (Å²) in [6.07, 6.45) is 3.00. The van der Waals surface area contributed by atoms with E-state index in [9.17, 15) is 9.90 Å². The number of allylic oxidation sites excluding steroid dienone is 1. The molecule has 0 bridgehead atoms. The van der Waals surface area contributed by atoms with Gasteiger partial charge in [-0.15, -0.1) is 0 Å². The highest BCUT2D eigenvalue weighted by molar-refractivity contribution is 5.89. The van der Waals surface area contributed by atoms with E-state index in [0.29, 0.717) is 18.6 Å². The number of esters is 1. The number of aliphatic hydroxyl groups is 1. The second-order valence-corrected chi connectivity index (χ2v) is 5.03. The molecule has 1 aliphatic heterocycles. The highest BCUT2D eigenvalue weighted by Crippen LogP contribution is 2.43. The second kappa shape index (κ2) is 7.06. The van der Waals surface area contributed by atoms with Gasteiger partial charge in [0.25, 0.3) is 0 Å². The molecule has 1 heterocycles. The fraction of sp³-hybridized carbons (Fsp3) is 0.667. The predicted molar refractivity (Wildman–Crippen MR) is 73.9 cm³/mol. The molecule has 1 unspecified atom stereocenters. The fourth-order valence-corrected chi connectivity index (χ4v) is 2.88. The largest absolute Gasteiger partial charge is 0.471 e. The number of hydrogen-bond acceptors (Lipinski definition) is 6. The zero-order valence-corrected chi connectivity index (χ0v) is 12.6. The van der Waals surface area contributed by atoms with Crippen LogP contribution in [0, 0.1) is 11.8 Å². The van der Waals surface area contributed by atoms with Gasteiger partial charge in [-0.2, -0.15) is 0 Å². The van der Waals surface area contributed by atoms with Crippen LogP contribution in [0.1, 0.15) is 20.3 Å². The lowest BCUT2D eigenvalue weighted by Crippen LogP contribution is -2.39. The summed E-state index contributed by atoms with van der Waals surface area (Å²) in [7, 11) is 1.34. The average molecular weight is 298 g/mol. The maximum atomic E-state index is 11.8. The number of rotatable bonds is 6. The van der Waals surface area contributed by atoms with E-state index in [1.807, 2.05) is 13.0 Å². The topological polar surface area (TPSA) is 74.2 Å². The van der Waals surface area contributed by atoms with Crippen LogP contribution >= 0.6 is 0 Å². The lowest BCUT2D eigenvalue weighted by atomic mass is 9.83. The quantitative estimate of drug-likeness (QED) is 0.453. The van der Waals surface area contributed by atoms with Crippen molar-refractivity contribution in [2.75, 3.05) is 20.3 Å². The number of carbonyl (C=O) groups is 1. The Morgan fingerprint density at radius 2 is 2.33 bits per heavy atom. The average Bonchev–Trinajstić information content (AvgIpc) is 2.91. The summed E-state index contributed by atoms with van der Waals surface area (Å²) in [4.78, 5) is 11.8. The minimum atomic E-state index is -0.578. The van der Waals surface area contributed by atoms with E-state index in [1.54, 1.807) is 6.92 Å². The third-order valence-electron chi connectivity index (χ3n) is 3.85. The van der Waals surface area contributed by atoms with Crippen LogP contribution in [-0.2, 0) is 23.7 Å². The van der Waals surface area contributed by atoms with Crippen molar-refractivity contribution in [1.29, 1.82) is 0 Å². The van der Waals surface area contributed by atoms with E-state index < -0.39 is 18.5 Å². The zero-order valence-electron chi connectivity index (χ0n) is 12.6. The maximum absolute atomic E-state index is 11.8. The van der Waals surface area contributed by atoms with Crippen LogP contribution in [0.4, 0.5) is 0 Å². The van der Waals surface area contributed by atoms with Crippen molar-refractivity contribution in [3.05, 3.63) is 23.5 Å². The van der Waals surface area contributed by atoms with Crippen LogP contribution in [0.3, 0.4) is 0 Å². The summed E-state index contributed by atoms with van der Waals surface area (Å²) in [6.45, 7) is 4.13. The molecule has 21 heavy (non-hydrogen) atoms. The van der Waals surface area contributed by atoms with Crippen molar-refractivity contribution < 1.29 is 28.8 Å². The second-order valence-electron chi connectivity index (χ2n) is 5.03. The van der Waals surface area contributed by atoms with Crippen LogP contribution in [0.5, 0.6) is 0 Å². The number of aliphatic hydroxyl groups excluding tert-OH is 1. The normalized spacial score (nSPS) is 29.0. The summed E-state index contributed by atoms with van der Waals surface area (Å²) < 4.78 is 21.4. The first-order valence-electron chi connectivity index (χ1n) is 7.13. The summed E-state index contributed by atoms with van der Waals surface area (Å²) in [5.41, 5.74) is 1.30. The summed E-state index contributed by atoms with van der Waals surface area (Å²) in [5, 5.41) is 9.50. The molecular weight excluding hydrogens is 276 g/mol. The van der Waals surface area contributed by atoms with E-state index in [2.05, 4.69) is 0 Å². The molecule has 4 atom stereocenters. The van der Waals surface area contributed by atoms with Gasteiger partial charge in [0.05, 0.1) is 31.5 Å². The third-order valence-corrected chi connectivity index (χ3v) is 3.85. The van der Waals surface area contributed by atoms with Gasteiger partial charge < -0.3 is 24.1 Å². The smallest absolute Gasteiger partial charge is 0.337 e. The van der Waals surface area contributed by atoms with Crippen LogP contribution in [-0.4, -0.2) is 44.0 Å². The van der Waals surface area contributed by atoms with Gasteiger partial charge in [-0.3, -0.25) is 0 Å². The van der Waals surface area contributed by atoms with Crippen molar-refractivity contribution in [3.63, 3.8) is 0 Å². The minimum Gasteiger partial charge on any atom is -0.471 e. The fourth-order valence-electron chi connectivity index (χ4n) is 2.88. The molecule has 2 aliphatic rings. The highest BCUT2D eigenvalue weighted by Gasteiger charge is 2.45. The molecule has 0 saturated carbocycles. The Kier molecular flexibility index (Phi) is 5.39. The molecular formula is C15H22O6. The Morgan fingerprint density at radius 3 is 2.95 bits per heavy atom. The standard InChI is InChI=1S/C15H22O6/c1-4-19-9(2)21-15-13-10(7-16)5-6-11(13)12(8-20-15)14(17)18-3/h5,8-9,11,13,15-16H,4,6-7H2,1-3H3/t9?,11-,13+,15+/m1/s1. The molecule has 6 heteroatoms. The van der Waals surface area contributed by atoms with E-state index in [4.69, 9.17) is 18.9 Å². The van der Waals surface area contributed by atoms with Crippen LogP contribution in [0.15, 0.2) is 23.5 Å². The van der Waals surface area contributed by atoms with Crippen molar-refractivity contribution in [2.24, 2.45) is 11.8 Å². The van der Waals surface area contributed by atoms with Crippen LogP contribution in [0.25, 0.3) is 0 Å². The van der Waals surface area contributed by atoms with Gasteiger partial charge in [-0.1, -0.05) is 6.08 Å². The van der Waals surface area contributed by atoms with Crippen molar-refractivity contribution >= 4 is 5.97 Å². The number of hydrogen-bond donors (Lipinski definition) is 1. The Labute approximate surface area is 124 Å². The van der Waals surface area contributed by atoms with Gasteiger partial charge in [0.1, 0.15) is 0 Å². The number of methoxy groups -OCH3 is 1.